The molecule has 0 radical (unpaired) electrons. The van der Waals surface area contributed by atoms with Gasteiger partial charge in [-0.2, -0.15) is 23.5 Å². The van der Waals surface area contributed by atoms with E-state index in [0.29, 0.717) is 62.7 Å². The molecule has 0 aromatic heterocycles. The number of primary amides is 1. The van der Waals surface area contributed by atoms with E-state index in [1.54, 1.807) is 7.05 Å². The molecule has 0 atom stereocenters. The van der Waals surface area contributed by atoms with Crippen LogP contribution in [0, 0.1) is 0 Å². The largest absolute Gasteiger partial charge is 0.480 e. The summed E-state index contributed by atoms with van der Waals surface area (Å²) in [5.41, 5.74) is 5.04. The molecule has 0 aliphatic carbocycles. The Morgan fingerprint density at radius 1 is 0.778 bits per heavy atom. The lowest BCUT2D eigenvalue weighted by Crippen LogP contribution is -2.41. The van der Waals surface area contributed by atoms with Crippen LogP contribution in [0.15, 0.2) is 0 Å². The van der Waals surface area contributed by atoms with Crippen molar-refractivity contribution in [2.24, 2.45) is 5.73 Å². The van der Waals surface area contributed by atoms with Crippen LogP contribution in [0.2, 0.25) is 0 Å². The number of aliphatic carboxylic acids is 1. The molecule has 0 fully saturated rings. The molecule has 0 unspecified atom stereocenters. The number of rotatable bonds is 22. The van der Waals surface area contributed by atoms with Crippen LogP contribution in [0.3, 0.4) is 0 Å². The van der Waals surface area contributed by atoms with E-state index in [2.05, 4.69) is 21.3 Å². The molecule has 36 heavy (non-hydrogen) atoms. The number of hydrogen-bond acceptors (Lipinski definition) is 9. The maximum absolute atomic E-state index is 12.0. The average Bonchev–Trinajstić information content (AvgIpc) is 2.83. The van der Waals surface area contributed by atoms with E-state index in [1.165, 1.54) is 23.5 Å². The molecular weight excluding hydrogens is 512 g/mol. The standard InChI is InChI=1S/C21H38N6O7S2/c1-23-20(32)15-36-11-5-18(30)25-7-3-9-27(13-19(31)26-12-21(33)34)8-2-6-24-17(29)4-10-35-14-16(22)28/h2-15H2,1H3,(H2,22,28)(H,23,32)(H,24,29)(H,25,30)(H,26,31)(H,33,34). The monoisotopic (exact) mass is 550 g/mol. The van der Waals surface area contributed by atoms with Gasteiger partial charge in [0.05, 0.1) is 18.1 Å². The molecule has 5 amide bonds. The maximum atomic E-state index is 12.0. The van der Waals surface area contributed by atoms with Crippen LogP contribution in [-0.4, -0.2) is 115 Å². The quantitative estimate of drug-likeness (QED) is 0.0818. The summed E-state index contributed by atoms with van der Waals surface area (Å²) < 4.78 is 0. The van der Waals surface area contributed by atoms with Gasteiger partial charge in [-0.05, 0) is 12.8 Å². The highest BCUT2D eigenvalue weighted by molar-refractivity contribution is 8.00. The third kappa shape index (κ3) is 22.0. The molecule has 7 N–H and O–H groups in total. The zero-order chi connectivity index (χ0) is 27.2. The number of thioether (sulfide) groups is 2. The van der Waals surface area contributed by atoms with Gasteiger partial charge in [-0.1, -0.05) is 0 Å². The van der Waals surface area contributed by atoms with Crippen LogP contribution in [-0.2, 0) is 28.8 Å². The van der Waals surface area contributed by atoms with Crippen LogP contribution in [0.5, 0.6) is 0 Å². The van der Waals surface area contributed by atoms with Crippen molar-refractivity contribution in [2.75, 3.05) is 69.3 Å². The second-order valence-electron chi connectivity index (χ2n) is 7.60. The van der Waals surface area contributed by atoms with Gasteiger partial charge < -0.3 is 32.1 Å². The fourth-order valence-electron chi connectivity index (χ4n) is 2.68. The minimum absolute atomic E-state index is 0.00490. The molecule has 0 saturated carbocycles. The molecule has 0 aliphatic heterocycles. The number of amides is 5. The molecule has 0 saturated heterocycles. The Morgan fingerprint density at radius 2 is 1.31 bits per heavy atom. The van der Waals surface area contributed by atoms with E-state index < -0.39 is 24.3 Å². The molecular formula is C21H38N6O7S2. The Balaban J connectivity index is 4.28. The van der Waals surface area contributed by atoms with Gasteiger partial charge in [0.1, 0.15) is 6.54 Å². The van der Waals surface area contributed by atoms with Gasteiger partial charge in [-0.15, -0.1) is 0 Å². The number of carboxylic acids is 1. The van der Waals surface area contributed by atoms with Crippen LogP contribution in [0.1, 0.15) is 25.7 Å². The van der Waals surface area contributed by atoms with Gasteiger partial charge in [0, 0.05) is 57.6 Å². The van der Waals surface area contributed by atoms with Crippen LogP contribution >= 0.6 is 23.5 Å². The molecule has 0 heterocycles. The normalized spacial score (nSPS) is 10.5. The highest BCUT2D eigenvalue weighted by atomic mass is 32.2. The van der Waals surface area contributed by atoms with Crippen molar-refractivity contribution in [3.8, 4) is 0 Å². The number of nitrogens with one attached hydrogen (secondary N) is 4. The number of hydrogen-bond donors (Lipinski definition) is 6. The van der Waals surface area contributed by atoms with Gasteiger partial charge in [0.15, 0.2) is 0 Å². The first-order valence-electron chi connectivity index (χ1n) is 11.5. The number of carbonyl (C=O) groups excluding carboxylic acids is 5. The number of carbonyl (C=O) groups is 6. The van der Waals surface area contributed by atoms with E-state index in [-0.39, 0.29) is 36.4 Å². The van der Waals surface area contributed by atoms with Crippen LogP contribution in [0.4, 0.5) is 0 Å². The average molecular weight is 551 g/mol. The highest BCUT2D eigenvalue weighted by Gasteiger charge is 2.12. The predicted molar refractivity (Wildman–Crippen MR) is 139 cm³/mol. The van der Waals surface area contributed by atoms with Crippen molar-refractivity contribution >= 4 is 59.0 Å². The minimum atomic E-state index is -1.14. The lowest BCUT2D eigenvalue weighted by atomic mass is 10.3. The fourth-order valence-corrected chi connectivity index (χ4v) is 4.16. The summed E-state index contributed by atoms with van der Waals surface area (Å²) in [6.07, 6.45) is 1.71. The van der Waals surface area contributed by atoms with Crippen molar-refractivity contribution in [1.82, 2.24) is 26.2 Å². The first-order chi connectivity index (χ1) is 17.1. The molecule has 0 aromatic rings. The maximum Gasteiger partial charge on any atom is 0.322 e. The zero-order valence-electron chi connectivity index (χ0n) is 20.6. The molecule has 0 aliphatic rings. The van der Waals surface area contributed by atoms with Gasteiger partial charge in [0.25, 0.3) is 0 Å². The zero-order valence-corrected chi connectivity index (χ0v) is 22.3. The topological polar surface area (TPSA) is 200 Å². The van der Waals surface area contributed by atoms with Crippen LogP contribution in [0.25, 0.3) is 0 Å². The summed E-state index contributed by atoms with van der Waals surface area (Å²) in [6.45, 7) is 1.31. The second-order valence-corrected chi connectivity index (χ2v) is 9.81. The van der Waals surface area contributed by atoms with E-state index in [4.69, 9.17) is 10.8 Å². The Morgan fingerprint density at radius 3 is 1.78 bits per heavy atom. The first kappa shape index (κ1) is 33.5. The first-order valence-corrected chi connectivity index (χ1v) is 13.8. The van der Waals surface area contributed by atoms with Crippen molar-refractivity contribution in [2.45, 2.75) is 25.7 Å². The fraction of sp³-hybridized carbons (Fsp3) is 0.714. The third-order valence-electron chi connectivity index (χ3n) is 4.45. The smallest absolute Gasteiger partial charge is 0.322 e. The molecule has 0 rings (SSSR count). The highest BCUT2D eigenvalue weighted by Crippen LogP contribution is 2.02. The molecule has 0 aromatic carbocycles. The van der Waals surface area contributed by atoms with Gasteiger partial charge in [0.2, 0.25) is 29.5 Å². The summed E-state index contributed by atoms with van der Waals surface area (Å²) in [7, 11) is 1.56. The van der Waals surface area contributed by atoms with Crippen LogP contribution < -0.4 is 27.0 Å². The van der Waals surface area contributed by atoms with Gasteiger partial charge >= 0.3 is 5.97 Å². The Kier molecular flexibility index (Phi) is 20.2. The van der Waals surface area contributed by atoms with Crippen molar-refractivity contribution in [1.29, 1.82) is 0 Å². The summed E-state index contributed by atoms with van der Waals surface area (Å²) in [6, 6.07) is 0. The summed E-state index contributed by atoms with van der Waals surface area (Å²) >= 11 is 2.67. The summed E-state index contributed by atoms with van der Waals surface area (Å²) in [5, 5.41) is 19.1. The molecule has 15 heteroatoms. The number of nitrogens with zero attached hydrogens (tertiary/aromatic N) is 1. The molecule has 206 valence electrons. The van der Waals surface area contributed by atoms with E-state index >= 15 is 0 Å². The Labute approximate surface area is 219 Å². The van der Waals surface area contributed by atoms with Gasteiger partial charge in [-0.3, -0.25) is 33.7 Å². The minimum Gasteiger partial charge on any atom is -0.480 e. The number of nitrogens with two attached hydrogens (primary N) is 1. The van der Waals surface area contributed by atoms with Gasteiger partial charge in [-0.25, -0.2) is 0 Å². The summed E-state index contributed by atoms with van der Waals surface area (Å²) in [5.74, 6) is -0.853. The molecule has 0 spiro atoms. The summed E-state index contributed by atoms with van der Waals surface area (Å²) in [4.78, 5) is 70.1. The molecule has 13 nitrogen and oxygen atoms in total. The lowest BCUT2D eigenvalue weighted by Gasteiger charge is -2.22. The second kappa shape index (κ2) is 21.7. The van der Waals surface area contributed by atoms with E-state index in [0.717, 1.165) is 0 Å². The number of carboxylic acid groups (broad SMARTS) is 1. The van der Waals surface area contributed by atoms with Crippen molar-refractivity contribution < 1.29 is 33.9 Å². The third-order valence-corrected chi connectivity index (χ3v) is 6.39. The van der Waals surface area contributed by atoms with Crippen molar-refractivity contribution in [3.05, 3.63) is 0 Å². The Hall–Kier alpha value is -2.52. The predicted octanol–water partition coefficient (Wildman–Crippen LogP) is -2.02. The van der Waals surface area contributed by atoms with E-state index in [9.17, 15) is 28.8 Å². The lowest BCUT2D eigenvalue weighted by molar-refractivity contribution is -0.138. The van der Waals surface area contributed by atoms with Crippen molar-refractivity contribution in [3.63, 3.8) is 0 Å². The SMILES string of the molecule is CNC(=O)CSCCC(=O)NCCCN(CCCNC(=O)CCSCC(N)=O)CC(=O)NCC(=O)O. The van der Waals surface area contributed by atoms with E-state index in [1.807, 2.05) is 4.90 Å². The molecule has 0 bridgehead atoms. The Bertz CT molecular complexity index is 727.